The summed E-state index contributed by atoms with van der Waals surface area (Å²) in [6.45, 7) is 4.61. The van der Waals surface area contributed by atoms with Gasteiger partial charge in [-0.2, -0.15) is 0 Å². The van der Waals surface area contributed by atoms with Gasteiger partial charge in [0.1, 0.15) is 5.69 Å². The number of hydrogen-bond acceptors (Lipinski definition) is 4. The molecule has 0 aliphatic heterocycles. The minimum atomic E-state index is -0.364. The molecule has 19 heavy (non-hydrogen) atoms. The third-order valence-corrected chi connectivity index (χ3v) is 3.43. The van der Waals surface area contributed by atoms with Gasteiger partial charge in [0.2, 0.25) is 0 Å². The minimum absolute atomic E-state index is 0.0534. The first-order chi connectivity index (χ1) is 9.17. The summed E-state index contributed by atoms with van der Waals surface area (Å²) < 4.78 is 5.46. The van der Waals surface area contributed by atoms with Gasteiger partial charge in [-0.05, 0) is 30.9 Å². The van der Waals surface area contributed by atoms with Crippen molar-refractivity contribution >= 4 is 11.4 Å². The number of hydrogen-bond donors (Lipinski definition) is 1. The van der Waals surface area contributed by atoms with Gasteiger partial charge < -0.3 is 10.1 Å². The number of nitro groups is 1. The van der Waals surface area contributed by atoms with Crippen LogP contribution in [0.25, 0.3) is 0 Å². The molecule has 1 N–H and O–H groups in total. The van der Waals surface area contributed by atoms with E-state index < -0.39 is 0 Å². The van der Waals surface area contributed by atoms with Crippen LogP contribution in [0.4, 0.5) is 11.4 Å². The molecule has 1 saturated carbocycles. The van der Waals surface area contributed by atoms with E-state index in [9.17, 15) is 10.1 Å². The molecule has 0 radical (unpaired) electrons. The predicted octanol–water partition coefficient (Wildman–Crippen LogP) is 3.59. The maximum atomic E-state index is 11.2. The predicted molar refractivity (Wildman–Crippen MR) is 74.7 cm³/mol. The summed E-state index contributed by atoms with van der Waals surface area (Å²) in [5, 5.41) is 14.5. The molecule has 2 rings (SSSR count). The zero-order valence-corrected chi connectivity index (χ0v) is 11.4. The molecule has 2 unspecified atom stereocenters. The molecular formula is C14H20N2O3. The largest absolute Gasteiger partial charge is 0.487 e. The molecule has 1 aliphatic carbocycles. The van der Waals surface area contributed by atoms with Gasteiger partial charge >= 0.3 is 5.69 Å². The highest BCUT2D eigenvalue weighted by atomic mass is 16.6. The molecule has 0 bridgehead atoms. The maximum Gasteiger partial charge on any atom is 0.333 e. The van der Waals surface area contributed by atoms with Gasteiger partial charge in [0.25, 0.3) is 0 Å². The Kier molecular flexibility index (Phi) is 4.24. The highest BCUT2D eigenvalue weighted by Gasteiger charge is 2.37. The lowest BCUT2D eigenvalue weighted by Gasteiger charge is -2.10. The van der Waals surface area contributed by atoms with Crippen LogP contribution in [0.3, 0.4) is 0 Å². The molecule has 1 aromatic rings. The monoisotopic (exact) mass is 264 g/mol. The highest BCUT2D eigenvalue weighted by Crippen LogP contribution is 2.41. The molecular weight excluding hydrogens is 244 g/mol. The van der Waals surface area contributed by atoms with Crippen LogP contribution in [-0.4, -0.2) is 17.6 Å². The van der Waals surface area contributed by atoms with Crippen LogP contribution in [0.15, 0.2) is 18.2 Å². The van der Waals surface area contributed by atoms with E-state index >= 15 is 0 Å². The Balaban J connectivity index is 2.19. The normalized spacial score (nSPS) is 20.9. The first kappa shape index (κ1) is 13.6. The van der Waals surface area contributed by atoms with Crippen LogP contribution in [0, 0.1) is 16.0 Å². The standard InChI is InChI=1S/C14H20N2O3/c1-3-8-19-13-7-5-6-11(14(13)16(17)18)15-12-9-10(12)4-2/h5-7,10,12,15H,3-4,8-9H2,1-2H3. The fourth-order valence-electron chi connectivity index (χ4n) is 2.23. The van der Waals surface area contributed by atoms with Crippen LogP contribution in [0.1, 0.15) is 33.1 Å². The molecule has 1 fully saturated rings. The third kappa shape index (κ3) is 3.16. The lowest BCUT2D eigenvalue weighted by molar-refractivity contribution is -0.385. The molecule has 5 nitrogen and oxygen atoms in total. The van der Waals surface area contributed by atoms with Gasteiger partial charge in [0, 0.05) is 6.04 Å². The minimum Gasteiger partial charge on any atom is -0.487 e. The lowest BCUT2D eigenvalue weighted by Crippen LogP contribution is -2.08. The smallest absolute Gasteiger partial charge is 0.333 e. The van der Waals surface area contributed by atoms with E-state index in [2.05, 4.69) is 12.2 Å². The first-order valence-electron chi connectivity index (χ1n) is 6.84. The summed E-state index contributed by atoms with van der Waals surface area (Å²) in [6, 6.07) is 5.57. The summed E-state index contributed by atoms with van der Waals surface area (Å²) in [5.74, 6) is 0.991. The Morgan fingerprint density at radius 2 is 2.26 bits per heavy atom. The molecule has 0 heterocycles. The van der Waals surface area contributed by atoms with Gasteiger partial charge in [-0.25, -0.2) is 0 Å². The molecule has 0 spiro atoms. The van der Waals surface area contributed by atoms with Gasteiger partial charge in [0.05, 0.1) is 11.5 Å². The molecule has 2 atom stereocenters. The van der Waals surface area contributed by atoms with Crippen molar-refractivity contribution < 1.29 is 9.66 Å². The van der Waals surface area contributed by atoms with E-state index in [1.54, 1.807) is 18.2 Å². The summed E-state index contributed by atoms with van der Waals surface area (Å²) in [5.41, 5.74) is 0.622. The van der Waals surface area contributed by atoms with Crippen molar-refractivity contribution in [3.05, 3.63) is 28.3 Å². The number of ether oxygens (including phenoxy) is 1. The lowest BCUT2D eigenvalue weighted by atomic mass is 10.2. The topological polar surface area (TPSA) is 64.4 Å². The zero-order valence-electron chi connectivity index (χ0n) is 11.4. The average Bonchev–Trinajstić information content (AvgIpc) is 3.14. The highest BCUT2D eigenvalue weighted by molar-refractivity contribution is 5.69. The quantitative estimate of drug-likeness (QED) is 0.603. The summed E-state index contributed by atoms with van der Waals surface area (Å²) in [4.78, 5) is 10.9. The van der Waals surface area contributed by atoms with Crippen LogP contribution in [0.2, 0.25) is 0 Å². The molecule has 104 valence electrons. The van der Waals surface area contributed by atoms with Crippen molar-refractivity contribution in [1.29, 1.82) is 0 Å². The second-order valence-electron chi connectivity index (χ2n) is 4.91. The third-order valence-electron chi connectivity index (χ3n) is 3.43. The van der Waals surface area contributed by atoms with Crippen LogP contribution >= 0.6 is 0 Å². The fourth-order valence-corrected chi connectivity index (χ4v) is 2.23. The van der Waals surface area contributed by atoms with Gasteiger partial charge in [0.15, 0.2) is 5.75 Å². The van der Waals surface area contributed by atoms with Crippen LogP contribution in [-0.2, 0) is 0 Å². The molecule has 1 aromatic carbocycles. The van der Waals surface area contributed by atoms with E-state index in [0.29, 0.717) is 30.0 Å². The molecule has 1 aliphatic rings. The second-order valence-corrected chi connectivity index (χ2v) is 4.91. The summed E-state index contributed by atoms with van der Waals surface area (Å²) in [7, 11) is 0. The number of rotatable bonds is 7. The van der Waals surface area contributed by atoms with Crippen molar-refractivity contribution in [2.24, 2.45) is 5.92 Å². The van der Waals surface area contributed by atoms with Crippen molar-refractivity contribution in [1.82, 2.24) is 0 Å². The molecule has 0 aromatic heterocycles. The van der Waals surface area contributed by atoms with E-state index in [0.717, 1.165) is 19.3 Å². The number of para-hydroxylation sites is 1. The Hall–Kier alpha value is -1.78. The van der Waals surface area contributed by atoms with Gasteiger partial charge in [-0.15, -0.1) is 0 Å². The van der Waals surface area contributed by atoms with Crippen LogP contribution in [0.5, 0.6) is 5.75 Å². The Labute approximate surface area is 113 Å². The molecule has 0 saturated heterocycles. The Bertz CT molecular complexity index is 462. The average molecular weight is 264 g/mol. The zero-order chi connectivity index (χ0) is 13.8. The van der Waals surface area contributed by atoms with Crippen LogP contribution < -0.4 is 10.1 Å². The Morgan fingerprint density at radius 3 is 2.84 bits per heavy atom. The van der Waals surface area contributed by atoms with Crippen molar-refractivity contribution in [2.45, 2.75) is 39.2 Å². The van der Waals surface area contributed by atoms with Crippen molar-refractivity contribution in [2.75, 3.05) is 11.9 Å². The number of nitrogens with zero attached hydrogens (tertiary/aromatic N) is 1. The SMILES string of the molecule is CCCOc1cccc(NC2CC2CC)c1[N+](=O)[O-]. The number of nitro benzene ring substituents is 1. The molecule has 5 heteroatoms. The number of anilines is 1. The maximum absolute atomic E-state index is 11.2. The number of benzene rings is 1. The van der Waals surface area contributed by atoms with Gasteiger partial charge in [-0.3, -0.25) is 10.1 Å². The van der Waals surface area contributed by atoms with Crippen molar-refractivity contribution in [3.63, 3.8) is 0 Å². The first-order valence-corrected chi connectivity index (χ1v) is 6.84. The summed E-state index contributed by atoms with van der Waals surface area (Å²) >= 11 is 0. The van der Waals surface area contributed by atoms with E-state index in [-0.39, 0.29) is 10.6 Å². The summed E-state index contributed by atoms with van der Waals surface area (Å²) in [6.07, 6.45) is 3.03. The number of nitrogens with one attached hydrogen (secondary N) is 1. The van der Waals surface area contributed by atoms with E-state index in [1.807, 2.05) is 6.92 Å². The molecule has 0 amide bonds. The second kappa shape index (κ2) is 5.91. The fraction of sp³-hybridized carbons (Fsp3) is 0.571. The Morgan fingerprint density at radius 1 is 1.47 bits per heavy atom. The van der Waals surface area contributed by atoms with Gasteiger partial charge in [-0.1, -0.05) is 26.3 Å². The van der Waals surface area contributed by atoms with E-state index in [1.165, 1.54) is 0 Å². The van der Waals surface area contributed by atoms with E-state index in [4.69, 9.17) is 4.74 Å². The van der Waals surface area contributed by atoms with Crippen molar-refractivity contribution in [3.8, 4) is 5.75 Å².